The number of halogens is 1. The van der Waals surface area contributed by atoms with E-state index in [1.807, 2.05) is 31.4 Å². The Bertz CT molecular complexity index is 521. The maximum atomic E-state index is 4.33. The van der Waals surface area contributed by atoms with Crippen LogP contribution in [-0.4, -0.2) is 30.0 Å². The number of benzene rings is 1. The molecule has 1 heterocycles. The minimum Gasteiger partial charge on any atom is -0.359 e. The van der Waals surface area contributed by atoms with Crippen LogP contribution < -0.4 is 10.6 Å². The molecule has 0 aliphatic carbocycles. The highest BCUT2D eigenvalue weighted by atomic mass is 127. The Balaban J connectivity index is 0.00000180. The van der Waals surface area contributed by atoms with Crippen LogP contribution in [0.4, 0.5) is 0 Å². The summed E-state index contributed by atoms with van der Waals surface area (Å²) in [5.74, 6) is 1.62. The molecule has 102 valence electrons. The SMILES string of the molecule is CN=C(NC)NCc1ncc(-c2ccccc2)[nH]1.I. The molecule has 0 radical (unpaired) electrons. The third kappa shape index (κ3) is 4.23. The van der Waals surface area contributed by atoms with Gasteiger partial charge in [0, 0.05) is 14.1 Å². The number of aliphatic imine (C=N–C) groups is 1. The molecule has 6 heteroatoms. The third-order valence-electron chi connectivity index (χ3n) is 2.60. The van der Waals surface area contributed by atoms with Crippen molar-refractivity contribution in [3.8, 4) is 11.3 Å². The van der Waals surface area contributed by atoms with Crippen molar-refractivity contribution in [3.63, 3.8) is 0 Å². The van der Waals surface area contributed by atoms with Gasteiger partial charge in [-0.05, 0) is 5.56 Å². The molecule has 0 fully saturated rings. The number of aromatic amines is 1. The van der Waals surface area contributed by atoms with E-state index in [1.165, 1.54) is 0 Å². The number of hydrogen-bond donors (Lipinski definition) is 3. The largest absolute Gasteiger partial charge is 0.359 e. The lowest BCUT2D eigenvalue weighted by atomic mass is 10.2. The molecule has 1 aromatic carbocycles. The highest BCUT2D eigenvalue weighted by Crippen LogP contribution is 2.15. The van der Waals surface area contributed by atoms with Crippen molar-refractivity contribution in [1.29, 1.82) is 0 Å². The van der Waals surface area contributed by atoms with Gasteiger partial charge < -0.3 is 15.6 Å². The molecule has 0 aliphatic rings. The summed E-state index contributed by atoms with van der Waals surface area (Å²) >= 11 is 0. The number of hydrogen-bond acceptors (Lipinski definition) is 2. The Morgan fingerprint density at radius 2 is 2.05 bits per heavy atom. The highest BCUT2D eigenvalue weighted by molar-refractivity contribution is 14.0. The number of nitrogens with one attached hydrogen (secondary N) is 3. The van der Waals surface area contributed by atoms with Gasteiger partial charge in [-0.25, -0.2) is 4.98 Å². The lowest BCUT2D eigenvalue weighted by Crippen LogP contribution is -2.34. The van der Waals surface area contributed by atoms with Crippen molar-refractivity contribution in [2.24, 2.45) is 4.99 Å². The fourth-order valence-corrected chi connectivity index (χ4v) is 1.66. The minimum absolute atomic E-state index is 0. The van der Waals surface area contributed by atoms with E-state index in [1.54, 1.807) is 7.05 Å². The minimum atomic E-state index is 0. The topological polar surface area (TPSA) is 65.1 Å². The Kier molecular flexibility index (Phi) is 6.34. The van der Waals surface area contributed by atoms with Crippen LogP contribution in [0.25, 0.3) is 11.3 Å². The molecule has 0 saturated carbocycles. The average Bonchev–Trinajstić information content (AvgIpc) is 2.90. The first kappa shape index (κ1) is 15.5. The van der Waals surface area contributed by atoms with Crippen molar-refractivity contribution in [1.82, 2.24) is 20.6 Å². The van der Waals surface area contributed by atoms with Crippen LogP contribution in [0, 0.1) is 0 Å². The molecule has 2 aromatic rings. The first-order valence-corrected chi connectivity index (χ1v) is 5.81. The number of guanidine groups is 1. The molecular formula is C13H18IN5. The van der Waals surface area contributed by atoms with Crippen molar-refractivity contribution in [3.05, 3.63) is 42.4 Å². The summed E-state index contributed by atoms with van der Waals surface area (Å²) in [5.41, 5.74) is 2.15. The van der Waals surface area contributed by atoms with E-state index in [0.717, 1.165) is 23.0 Å². The van der Waals surface area contributed by atoms with Gasteiger partial charge in [0.2, 0.25) is 0 Å². The van der Waals surface area contributed by atoms with E-state index in [9.17, 15) is 0 Å². The molecule has 3 N–H and O–H groups in total. The van der Waals surface area contributed by atoms with Gasteiger partial charge in [-0.3, -0.25) is 4.99 Å². The summed E-state index contributed by atoms with van der Waals surface area (Å²) in [6.07, 6.45) is 1.84. The molecule has 19 heavy (non-hydrogen) atoms. The van der Waals surface area contributed by atoms with Gasteiger partial charge in [-0.1, -0.05) is 30.3 Å². The fourth-order valence-electron chi connectivity index (χ4n) is 1.66. The van der Waals surface area contributed by atoms with Gasteiger partial charge in [-0.2, -0.15) is 0 Å². The number of rotatable bonds is 3. The monoisotopic (exact) mass is 371 g/mol. The second kappa shape index (κ2) is 7.78. The summed E-state index contributed by atoms with van der Waals surface area (Å²) in [6.45, 7) is 0.611. The quantitative estimate of drug-likeness (QED) is 0.439. The van der Waals surface area contributed by atoms with Crippen LogP contribution in [0.15, 0.2) is 41.5 Å². The van der Waals surface area contributed by atoms with Gasteiger partial charge in [0.1, 0.15) is 5.82 Å². The standard InChI is InChI=1S/C13H17N5.HI/c1-14-13(15-2)17-9-12-16-8-11(18-12)10-6-4-3-5-7-10;/h3-8H,9H2,1-2H3,(H,16,18)(H2,14,15,17);1H. The van der Waals surface area contributed by atoms with E-state index >= 15 is 0 Å². The molecule has 0 amide bonds. The van der Waals surface area contributed by atoms with Crippen LogP contribution in [-0.2, 0) is 6.54 Å². The molecule has 2 rings (SSSR count). The first-order chi connectivity index (χ1) is 8.83. The predicted molar refractivity (Wildman–Crippen MR) is 88.7 cm³/mol. The normalized spacial score (nSPS) is 10.7. The van der Waals surface area contributed by atoms with Crippen LogP contribution in [0.5, 0.6) is 0 Å². The fraction of sp³-hybridized carbons (Fsp3) is 0.231. The third-order valence-corrected chi connectivity index (χ3v) is 2.60. The number of nitrogens with zero attached hydrogens (tertiary/aromatic N) is 2. The van der Waals surface area contributed by atoms with Gasteiger partial charge >= 0.3 is 0 Å². The van der Waals surface area contributed by atoms with Gasteiger partial charge in [-0.15, -0.1) is 24.0 Å². The summed E-state index contributed by atoms with van der Waals surface area (Å²) in [6, 6.07) is 10.1. The van der Waals surface area contributed by atoms with E-state index in [4.69, 9.17) is 0 Å². The molecule has 5 nitrogen and oxygen atoms in total. The maximum Gasteiger partial charge on any atom is 0.191 e. The first-order valence-electron chi connectivity index (χ1n) is 5.81. The van der Waals surface area contributed by atoms with Crippen molar-refractivity contribution in [2.75, 3.05) is 14.1 Å². The molecular weight excluding hydrogens is 353 g/mol. The van der Waals surface area contributed by atoms with E-state index in [2.05, 4.69) is 37.7 Å². The summed E-state index contributed by atoms with van der Waals surface area (Å²) in [4.78, 5) is 11.6. The Morgan fingerprint density at radius 1 is 1.32 bits per heavy atom. The Morgan fingerprint density at radius 3 is 2.68 bits per heavy atom. The zero-order valence-corrected chi connectivity index (χ0v) is 13.3. The molecule has 0 spiro atoms. The molecule has 1 aromatic heterocycles. The molecule has 0 bridgehead atoms. The van der Waals surface area contributed by atoms with Crippen LogP contribution >= 0.6 is 24.0 Å². The van der Waals surface area contributed by atoms with E-state index < -0.39 is 0 Å². The molecule has 0 saturated heterocycles. The van der Waals surface area contributed by atoms with E-state index in [0.29, 0.717) is 6.54 Å². The summed E-state index contributed by atoms with van der Waals surface area (Å²) in [7, 11) is 3.56. The van der Waals surface area contributed by atoms with Crippen molar-refractivity contribution in [2.45, 2.75) is 6.54 Å². The Hall–Kier alpha value is -1.57. The maximum absolute atomic E-state index is 4.33. The van der Waals surface area contributed by atoms with Gasteiger partial charge in [0.25, 0.3) is 0 Å². The highest BCUT2D eigenvalue weighted by Gasteiger charge is 2.03. The molecule has 0 atom stereocenters. The van der Waals surface area contributed by atoms with Crippen LogP contribution in [0.3, 0.4) is 0 Å². The summed E-state index contributed by atoms with van der Waals surface area (Å²) < 4.78 is 0. The number of imidazole rings is 1. The molecule has 0 aliphatic heterocycles. The van der Waals surface area contributed by atoms with Gasteiger partial charge in [0.15, 0.2) is 5.96 Å². The average molecular weight is 371 g/mol. The second-order valence-electron chi connectivity index (χ2n) is 3.79. The lowest BCUT2D eigenvalue weighted by Gasteiger charge is -2.06. The van der Waals surface area contributed by atoms with Crippen molar-refractivity contribution >= 4 is 29.9 Å². The number of aromatic nitrogens is 2. The molecule has 0 unspecified atom stereocenters. The van der Waals surface area contributed by atoms with Crippen molar-refractivity contribution < 1.29 is 0 Å². The van der Waals surface area contributed by atoms with Gasteiger partial charge in [0.05, 0.1) is 18.4 Å². The van der Waals surface area contributed by atoms with Crippen LogP contribution in [0.2, 0.25) is 0 Å². The second-order valence-corrected chi connectivity index (χ2v) is 3.79. The zero-order valence-electron chi connectivity index (χ0n) is 11.0. The lowest BCUT2D eigenvalue weighted by molar-refractivity contribution is 0.817. The number of H-pyrrole nitrogens is 1. The zero-order chi connectivity index (χ0) is 12.8. The summed E-state index contributed by atoms with van der Waals surface area (Å²) in [5, 5.41) is 6.10. The van der Waals surface area contributed by atoms with Crippen LogP contribution in [0.1, 0.15) is 5.82 Å². The smallest absolute Gasteiger partial charge is 0.191 e. The van der Waals surface area contributed by atoms with E-state index in [-0.39, 0.29) is 24.0 Å². The predicted octanol–water partition coefficient (Wildman–Crippen LogP) is 1.99. The Labute approximate surface area is 130 Å².